The summed E-state index contributed by atoms with van der Waals surface area (Å²) in [4.78, 5) is 16.7. The summed E-state index contributed by atoms with van der Waals surface area (Å²) < 4.78 is 5.77. The highest BCUT2D eigenvalue weighted by Crippen LogP contribution is 2.31. The van der Waals surface area contributed by atoms with Crippen LogP contribution in [0.5, 0.6) is 5.75 Å². The molecule has 1 aliphatic rings. The standard InChI is InChI=1S/C22H28N4O2.HI/c1-3-23-22(24-11-12-28-18-8-6-7-16(2)13-18)25-15-17-14-21(27)26-20-10-5-4-9-19(17)20;/h4-10,13,17H,3,11-12,14-15H2,1-2H3,(H,26,27)(H2,23,24,25);1H. The van der Waals surface area contributed by atoms with Crippen LogP contribution in [0.1, 0.15) is 30.4 Å². The quantitative estimate of drug-likeness (QED) is 0.231. The Morgan fingerprint density at radius 2 is 2.03 bits per heavy atom. The number of anilines is 1. The summed E-state index contributed by atoms with van der Waals surface area (Å²) in [5.74, 6) is 1.74. The van der Waals surface area contributed by atoms with Gasteiger partial charge in [0, 0.05) is 24.6 Å². The van der Waals surface area contributed by atoms with Gasteiger partial charge in [-0.15, -0.1) is 24.0 Å². The van der Waals surface area contributed by atoms with Crippen LogP contribution in [0.4, 0.5) is 5.69 Å². The number of carbonyl (C=O) groups excluding carboxylic acids is 1. The lowest BCUT2D eigenvalue weighted by Gasteiger charge is -2.24. The van der Waals surface area contributed by atoms with Gasteiger partial charge in [0.05, 0.1) is 13.1 Å². The van der Waals surface area contributed by atoms with Crippen molar-refractivity contribution in [2.24, 2.45) is 4.99 Å². The van der Waals surface area contributed by atoms with Crippen molar-refractivity contribution >= 4 is 41.5 Å². The Kier molecular flexibility index (Phi) is 9.24. The lowest BCUT2D eigenvalue weighted by atomic mass is 9.91. The lowest BCUT2D eigenvalue weighted by Crippen LogP contribution is -2.39. The zero-order valence-electron chi connectivity index (χ0n) is 16.9. The largest absolute Gasteiger partial charge is 0.492 e. The molecule has 1 heterocycles. The normalized spacial score (nSPS) is 15.6. The van der Waals surface area contributed by atoms with Crippen LogP contribution in [0.3, 0.4) is 0 Å². The first-order valence-corrected chi connectivity index (χ1v) is 9.76. The number of halogens is 1. The van der Waals surface area contributed by atoms with Gasteiger partial charge in [0.15, 0.2) is 5.96 Å². The highest BCUT2D eigenvalue weighted by atomic mass is 127. The molecule has 3 N–H and O–H groups in total. The Morgan fingerprint density at radius 1 is 1.21 bits per heavy atom. The second-order valence-electron chi connectivity index (χ2n) is 6.85. The maximum absolute atomic E-state index is 12.0. The number of ether oxygens (including phenoxy) is 1. The van der Waals surface area contributed by atoms with E-state index in [1.54, 1.807) is 0 Å². The van der Waals surface area contributed by atoms with Gasteiger partial charge in [-0.3, -0.25) is 9.79 Å². The molecule has 1 unspecified atom stereocenters. The predicted octanol–water partition coefficient (Wildman–Crippen LogP) is 3.67. The number of fused-ring (bicyclic) bond motifs is 1. The number of nitrogens with one attached hydrogen (secondary N) is 3. The van der Waals surface area contributed by atoms with Crippen molar-refractivity contribution in [1.82, 2.24) is 10.6 Å². The zero-order valence-corrected chi connectivity index (χ0v) is 19.2. The summed E-state index contributed by atoms with van der Waals surface area (Å²) >= 11 is 0. The zero-order chi connectivity index (χ0) is 19.8. The summed E-state index contributed by atoms with van der Waals surface area (Å²) in [6.07, 6.45) is 0.455. The van der Waals surface area contributed by atoms with Crippen molar-refractivity contribution in [3.8, 4) is 5.75 Å². The molecule has 6 nitrogen and oxygen atoms in total. The van der Waals surface area contributed by atoms with Crippen molar-refractivity contribution in [3.63, 3.8) is 0 Å². The molecule has 0 fully saturated rings. The van der Waals surface area contributed by atoms with E-state index in [4.69, 9.17) is 4.74 Å². The molecule has 0 aliphatic carbocycles. The third-order valence-electron chi connectivity index (χ3n) is 4.57. The van der Waals surface area contributed by atoms with E-state index in [1.807, 2.05) is 56.3 Å². The van der Waals surface area contributed by atoms with E-state index < -0.39 is 0 Å². The number of carbonyl (C=O) groups is 1. The molecular weight excluding hydrogens is 479 g/mol. The first kappa shape index (κ1) is 23.0. The number of nitrogens with zero attached hydrogens (tertiary/aromatic N) is 1. The number of hydrogen-bond donors (Lipinski definition) is 3. The van der Waals surface area contributed by atoms with Gasteiger partial charge < -0.3 is 20.7 Å². The Labute approximate surface area is 189 Å². The highest BCUT2D eigenvalue weighted by molar-refractivity contribution is 14.0. The van der Waals surface area contributed by atoms with Crippen LogP contribution in [0.25, 0.3) is 0 Å². The first-order chi connectivity index (χ1) is 13.7. The Hall–Kier alpha value is -2.29. The van der Waals surface area contributed by atoms with Crippen molar-refractivity contribution < 1.29 is 9.53 Å². The topological polar surface area (TPSA) is 74.8 Å². The predicted molar refractivity (Wildman–Crippen MR) is 129 cm³/mol. The smallest absolute Gasteiger partial charge is 0.225 e. The summed E-state index contributed by atoms with van der Waals surface area (Å²) in [6, 6.07) is 15.9. The number of aliphatic imine (C=N–C) groups is 1. The molecule has 2 aromatic carbocycles. The second kappa shape index (κ2) is 11.6. The van der Waals surface area contributed by atoms with Gasteiger partial charge >= 0.3 is 0 Å². The van der Waals surface area contributed by atoms with Gasteiger partial charge in [-0.05, 0) is 43.2 Å². The minimum atomic E-state index is 0. The van der Waals surface area contributed by atoms with Gasteiger partial charge in [-0.25, -0.2) is 0 Å². The fourth-order valence-corrected chi connectivity index (χ4v) is 3.25. The molecule has 1 atom stereocenters. The average molecular weight is 508 g/mol. The van der Waals surface area contributed by atoms with Crippen LogP contribution in [-0.4, -0.2) is 38.1 Å². The second-order valence-corrected chi connectivity index (χ2v) is 6.85. The van der Waals surface area contributed by atoms with E-state index in [1.165, 1.54) is 5.56 Å². The Morgan fingerprint density at radius 3 is 2.83 bits per heavy atom. The number of aryl methyl sites for hydroxylation is 1. The van der Waals surface area contributed by atoms with Crippen LogP contribution in [0.15, 0.2) is 53.5 Å². The molecule has 29 heavy (non-hydrogen) atoms. The van der Waals surface area contributed by atoms with Crippen molar-refractivity contribution in [1.29, 1.82) is 0 Å². The fraction of sp³-hybridized carbons (Fsp3) is 0.364. The van der Waals surface area contributed by atoms with E-state index in [0.29, 0.717) is 26.1 Å². The maximum Gasteiger partial charge on any atom is 0.225 e. The van der Waals surface area contributed by atoms with Crippen LogP contribution >= 0.6 is 24.0 Å². The summed E-state index contributed by atoms with van der Waals surface area (Å²) in [5.41, 5.74) is 3.21. The van der Waals surface area contributed by atoms with Crippen molar-refractivity contribution in [2.75, 3.05) is 31.6 Å². The summed E-state index contributed by atoms with van der Waals surface area (Å²) in [7, 11) is 0. The molecule has 1 aliphatic heterocycles. The van der Waals surface area contributed by atoms with Crippen LogP contribution in [0.2, 0.25) is 0 Å². The summed E-state index contributed by atoms with van der Waals surface area (Å²) in [6.45, 7) is 6.59. The molecule has 0 spiro atoms. The van der Waals surface area contributed by atoms with Gasteiger partial charge in [0.2, 0.25) is 5.91 Å². The summed E-state index contributed by atoms with van der Waals surface area (Å²) in [5, 5.41) is 9.47. The molecule has 7 heteroatoms. The molecule has 0 saturated carbocycles. The molecule has 0 aromatic heterocycles. The number of benzene rings is 2. The van der Waals surface area contributed by atoms with E-state index in [-0.39, 0.29) is 35.8 Å². The van der Waals surface area contributed by atoms with Crippen molar-refractivity contribution in [3.05, 3.63) is 59.7 Å². The fourth-order valence-electron chi connectivity index (χ4n) is 3.25. The van der Waals surface area contributed by atoms with E-state index in [2.05, 4.69) is 27.0 Å². The SMILES string of the molecule is CCNC(=NCC1CC(=O)Nc2ccccc21)NCCOc1cccc(C)c1.I. The number of rotatable bonds is 7. The molecule has 3 rings (SSSR count). The highest BCUT2D eigenvalue weighted by Gasteiger charge is 2.24. The minimum Gasteiger partial charge on any atom is -0.492 e. The maximum atomic E-state index is 12.0. The number of hydrogen-bond acceptors (Lipinski definition) is 3. The molecule has 2 aromatic rings. The van der Waals surface area contributed by atoms with Gasteiger partial charge in [0.1, 0.15) is 12.4 Å². The molecule has 156 valence electrons. The van der Waals surface area contributed by atoms with Gasteiger partial charge in [-0.2, -0.15) is 0 Å². The van der Waals surface area contributed by atoms with Crippen molar-refractivity contribution in [2.45, 2.75) is 26.2 Å². The third kappa shape index (κ3) is 6.92. The third-order valence-corrected chi connectivity index (χ3v) is 4.57. The van der Waals surface area contributed by atoms with E-state index >= 15 is 0 Å². The molecular formula is C22H29IN4O2. The Balaban J connectivity index is 0.00000300. The Bertz CT molecular complexity index is 841. The van der Waals surface area contributed by atoms with Gasteiger partial charge in [-0.1, -0.05) is 30.3 Å². The van der Waals surface area contributed by atoms with Crippen LogP contribution < -0.4 is 20.7 Å². The van der Waals surface area contributed by atoms with E-state index in [9.17, 15) is 4.79 Å². The molecule has 1 amide bonds. The monoisotopic (exact) mass is 508 g/mol. The van der Waals surface area contributed by atoms with Crippen LogP contribution in [-0.2, 0) is 4.79 Å². The molecule has 0 radical (unpaired) electrons. The van der Waals surface area contributed by atoms with Gasteiger partial charge in [0.25, 0.3) is 0 Å². The number of para-hydroxylation sites is 1. The minimum absolute atomic E-state index is 0. The average Bonchev–Trinajstić information content (AvgIpc) is 2.69. The molecule has 0 bridgehead atoms. The first-order valence-electron chi connectivity index (χ1n) is 9.76. The van der Waals surface area contributed by atoms with Crippen LogP contribution in [0, 0.1) is 6.92 Å². The molecule has 0 saturated heterocycles. The van der Waals surface area contributed by atoms with E-state index in [0.717, 1.165) is 29.5 Å². The number of amides is 1. The number of guanidine groups is 1. The lowest BCUT2D eigenvalue weighted by molar-refractivity contribution is -0.116.